The van der Waals surface area contributed by atoms with Gasteiger partial charge in [0.2, 0.25) is 0 Å². The third-order valence-electron chi connectivity index (χ3n) is 4.75. The van der Waals surface area contributed by atoms with E-state index in [0.717, 1.165) is 5.56 Å². The van der Waals surface area contributed by atoms with E-state index in [4.69, 9.17) is 14.5 Å². The summed E-state index contributed by atoms with van der Waals surface area (Å²) in [5.41, 5.74) is 1.50. The van der Waals surface area contributed by atoms with Crippen molar-refractivity contribution in [2.75, 3.05) is 11.9 Å². The average Bonchev–Trinajstić information content (AvgIpc) is 3.26. The van der Waals surface area contributed by atoms with Crippen LogP contribution in [0.5, 0.6) is 5.75 Å². The number of rotatable bonds is 7. The summed E-state index contributed by atoms with van der Waals surface area (Å²) in [5, 5.41) is 33.2. The molecule has 1 aromatic carbocycles. The molecule has 0 amide bonds. The van der Waals surface area contributed by atoms with E-state index in [1.54, 1.807) is 18.2 Å². The number of aromatic hydroxyl groups is 1. The van der Waals surface area contributed by atoms with Crippen molar-refractivity contribution in [2.45, 2.75) is 31.1 Å². The molecule has 3 heterocycles. The second-order valence-electron chi connectivity index (χ2n) is 6.90. The van der Waals surface area contributed by atoms with E-state index in [1.807, 2.05) is 6.07 Å². The normalized spacial score (nSPS) is 24.0. The van der Waals surface area contributed by atoms with Gasteiger partial charge in [0.1, 0.15) is 30.4 Å². The monoisotopic (exact) mass is 453 g/mol. The first-order chi connectivity index (χ1) is 14.7. The number of phenolic OH excluding ortho intramolecular Hbond substituents is 1. The Hall–Kier alpha value is -2.64. The molecule has 1 saturated heterocycles. The first-order valence-electron chi connectivity index (χ1n) is 9.14. The molecule has 4 atom stereocenters. The molecule has 166 valence electrons. The number of hydrogen-bond acceptors (Lipinski definition) is 10. The molecule has 3 aromatic rings. The van der Waals surface area contributed by atoms with Gasteiger partial charge in [-0.25, -0.2) is 19.5 Å². The zero-order valence-corrected chi connectivity index (χ0v) is 16.8. The van der Waals surface area contributed by atoms with Crippen molar-refractivity contribution in [3.63, 3.8) is 0 Å². The Bertz CT molecular complexity index is 1120. The van der Waals surface area contributed by atoms with Crippen LogP contribution in [-0.4, -0.2) is 69.5 Å². The Morgan fingerprint density at radius 2 is 2.00 bits per heavy atom. The van der Waals surface area contributed by atoms with E-state index in [1.165, 1.54) is 17.2 Å². The van der Waals surface area contributed by atoms with Gasteiger partial charge in [0, 0.05) is 6.54 Å². The van der Waals surface area contributed by atoms with Gasteiger partial charge in [0.15, 0.2) is 23.2 Å². The van der Waals surface area contributed by atoms with Gasteiger partial charge in [-0.05, 0) is 17.7 Å². The maximum absolute atomic E-state index is 10.9. The predicted molar refractivity (Wildman–Crippen MR) is 105 cm³/mol. The molecule has 0 saturated carbocycles. The summed E-state index contributed by atoms with van der Waals surface area (Å²) in [5.74, 6) is 0.543. The van der Waals surface area contributed by atoms with E-state index >= 15 is 0 Å². The fourth-order valence-electron chi connectivity index (χ4n) is 3.29. The van der Waals surface area contributed by atoms with Gasteiger partial charge in [0.25, 0.3) is 0 Å². The van der Waals surface area contributed by atoms with Gasteiger partial charge < -0.3 is 35.2 Å². The number of aliphatic hydroxyl groups excluding tert-OH is 2. The third kappa shape index (κ3) is 4.67. The van der Waals surface area contributed by atoms with Crippen LogP contribution in [-0.2, 0) is 20.4 Å². The molecule has 14 heteroatoms. The lowest BCUT2D eigenvalue weighted by molar-refractivity contribution is -0.0504. The molecule has 0 unspecified atom stereocenters. The van der Waals surface area contributed by atoms with E-state index < -0.39 is 39.0 Å². The summed E-state index contributed by atoms with van der Waals surface area (Å²) in [7, 11) is -4.76. The van der Waals surface area contributed by atoms with Gasteiger partial charge in [-0.15, -0.1) is 0 Å². The summed E-state index contributed by atoms with van der Waals surface area (Å²) < 4.78 is 22.2. The Morgan fingerprint density at radius 1 is 1.19 bits per heavy atom. The van der Waals surface area contributed by atoms with E-state index in [-0.39, 0.29) is 5.75 Å². The lowest BCUT2D eigenvalue weighted by Crippen LogP contribution is -2.33. The lowest BCUT2D eigenvalue weighted by atomic mass is 10.1. The zero-order valence-electron chi connectivity index (χ0n) is 15.9. The Balaban J connectivity index is 1.54. The summed E-state index contributed by atoms with van der Waals surface area (Å²) in [6, 6.07) is 6.71. The van der Waals surface area contributed by atoms with Crippen LogP contribution in [0.4, 0.5) is 5.82 Å². The summed E-state index contributed by atoms with van der Waals surface area (Å²) in [4.78, 5) is 30.3. The number of aromatic nitrogens is 4. The van der Waals surface area contributed by atoms with Crippen molar-refractivity contribution in [1.29, 1.82) is 0 Å². The minimum absolute atomic E-state index is 0.139. The van der Waals surface area contributed by atoms with Crippen LogP contribution in [0, 0.1) is 0 Å². The second-order valence-corrected chi connectivity index (χ2v) is 8.14. The zero-order chi connectivity index (χ0) is 22.2. The smallest absolute Gasteiger partial charge is 0.469 e. The quantitative estimate of drug-likeness (QED) is 0.260. The molecule has 4 rings (SSSR count). The molecule has 6 N–H and O–H groups in total. The number of phosphoric acid groups is 1. The van der Waals surface area contributed by atoms with Crippen LogP contribution >= 0.6 is 7.82 Å². The largest absolute Gasteiger partial charge is 0.508 e. The number of phosphoric ester groups is 1. The van der Waals surface area contributed by atoms with Gasteiger partial charge in [-0.3, -0.25) is 9.09 Å². The number of hydrogen-bond donors (Lipinski definition) is 6. The molecular weight excluding hydrogens is 433 g/mol. The van der Waals surface area contributed by atoms with Gasteiger partial charge >= 0.3 is 7.82 Å². The van der Waals surface area contributed by atoms with Crippen molar-refractivity contribution in [2.24, 2.45) is 0 Å². The molecule has 2 aromatic heterocycles. The molecule has 1 aliphatic rings. The van der Waals surface area contributed by atoms with Crippen LogP contribution in [0.1, 0.15) is 11.8 Å². The lowest BCUT2D eigenvalue weighted by Gasteiger charge is -2.16. The predicted octanol–water partition coefficient (Wildman–Crippen LogP) is -0.128. The summed E-state index contributed by atoms with van der Waals surface area (Å²) >= 11 is 0. The summed E-state index contributed by atoms with van der Waals surface area (Å²) in [6.45, 7) is -0.256. The second kappa shape index (κ2) is 8.48. The highest BCUT2D eigenvalue weighted by atomic mass is 31.2. The average molecular weight is 453 g/mol. The minimum Gasteiger partial charge on any atom is -0.508 e. The van der Waals surface area contributed by atoms with Crippen molar-refractivity contribution in [1.82, 2.24) is 19.5 Å². The van der Waals surface area contributed by atoms with E-state index in [0.29, 0.717) is 23.5 Å². The topological polar surface area (TPSA) is 192 Å². The molecule has 0 radical (unpaired) electrons. The number of nitrogens with one attached hydrogen (secondary N) is 1. The molecule has 13 nitrogen and oxygen atoms in total. The molecule has 0 spiro atoms. The van der Waals surface area contributed by atoms with Crippen molar-refractivity contribution < 1.29 is 38.9 Å². The highest BCUT2D eigenvalue weighted by Crippen LogP contribution is 2.39. The first kappa shape index (κ1) is 21.6. The van der Waals surface area contributed by atoms with Crippen LogP contribution < -0.4 is 5.32 Å². The van der Waals surface area contributed by atoms with Gasteiger partial charge in [0.05, 0.1) is 12.9 Å². The standard InChI is InChI=1S/C17H20N5O8P/c23-10-3-1-2-9(4-10)5-18-15-12-16(20-7-19-15)22(8-21-12)17-14(25)13(24)11(30-17)6-29-31(26,27)28/h1-4,7-8,11,13-14,17,23-25H,5-6H2,(H,18,19,20)(H2,26,27,28)/t11-,13-,14-,17-/m1/s1. The third-order valence-corrected chi connectivity index (χ3v) is 5.23. The molecule has 31 heavy (non-hydrogen) atoms. The van der Waals surface area contributed by atoms with Crippen LogP contribution in [0.2, 0.25) is 0 Å². The molecular formula is C17H20N5O8P. The van der Waals surface area contributed by atoms with Crippen LogP contribution in [0.25, 0.3) is 11.2 Å². The van der Waals surface area contributed by atoms with E-state index in [9.17, 15) is 19.9 Å². The molecule has 0 aliphatic carbocycles. The number of fused-ring (bicyclic) bond motifs is 1. The highest BCUT2D eigenvalue weighted by molar-refractivity contribution is 7.46. The molecule has 1 fully saturated rings. The van der Waals surface area contributed by atoms with E-state index in [2.05, 4.69) is 24.8 Å². The highest BCUT2D eigenvalue weighted by Gasteiger charge is 2.45. The Morgan fingerprint density at radius 3 is 2.74 bits per heavy atom. The minimum atomic E-state index is -4.76. The molecule has 0 bridgehead atoms. The number of anilines is 1. The van der Waals surface area contributed by atoms with Crippen molar-refractivity contribution >= 4 is 24.8 Å². The number of imidazole rings is 1. The van der Waals surface area contributed by atoms with Crippen LogP contribution in [0.3, 0.4) is 0 Å². The number of benzene rings is 1. The fraction of sp³-hybridized carbons (Fsp3) is 0.353. The maximum Gasteiger partial charge on any atom is 0.469 e. The fourth-order valence-corrected chi connectivity index (χ4v) is 3.63. The first-order valence-corrected chi connectivity index (χ1v) is 10.7. The Kier molecular flexibility index (Phi) is 5.90. The Labute approximate surface area is 175 Å². The van der Waals surface area contributed by atoms with Gasteiger partial charge in [-0.1, -0.05) is 12.1 Å². The molecule has 1 aliphatic heterocycles. The number of phenols is 1. The van der Waals surface area contributed by atoms with Gasteiger partial charge in [-0.2, -0.15) is 0 Å². The SMILES string of the molecule is O=P(O)(O)OC[C@H]1O[C@@H](n2cnc3c(NCc4cccc(O)c4)ncnc32)[C@H](O)[C@@H]1O. The summed E-state index contributed by atoms with van der Waals surface area (Å²) in [6.07, 6.45) is -2.50. The number of aliphatic hydroxyl groups is 2. The number of ether oxygens (including phenoxy) is 1. The maximum atomic E-state index is 10.9. The van der Waals surface area contributed by atoms with Crippen LogP contribution in [0.15, 0.2) is 36.9 Å². The van der Waals surface area contributed by atoms with Crippen molar-refractivity contribution in [3.05, 3.63) is 42.5 Å². The number of nitrogens with zero attached hydrogens (tertiary/aromatic N) is 4. The van der Waals surface area contributed by atoms with Crippen molar-refractivity contribution in [3.8, 4) is 5.75 Å².